The maximum atomic E-state index is 12.1. The van der Waals surface area contributed by atoms with E-state index in [-0.39, 0.29) is 17.0 Å². The molecule has 4 rings (SSSR count). The van der Waals surface area contributed by atoms with Crippen LogP contribution in [-0.4, -0.2) is 10.9 Å². The van der Waals surface area contributed by atoms with E-state index in [0.29, 0.717) is 23.7 Å². The van der Waals surface area contributed by atoms with Gasteiger partial charge in [0.05, 0.1) is 0 Å². The Morgan fingerprint density at radius 2 is 1.79 bits per heavy atom. The third kappa shape index (κ3) is 3.51. The molecule has 4 aliphatic carbocycles. The van der Waals surface area contributed by atoms with Crippen molar-refractivity contribution in [1.29, 1.82) is 0 Å². The molecule has 0 heterocycles. The molecule has 0 amide bonds. The van der Waals surface area contributed by atoms with Crippen LogP contribution in [-0.2, 0) is 4.79 Å². The van der Waals surface area contributed by atoms with E-state index in [1.165, 1.54) is 57.8 Å². The summed E-state index contributed by atoms with van der Waals surface area (Å²) in [5, 5.41) is 10.3. The van der Waals surface area contributed by atoms with E-state index >= 15 is 0 Å². The third-order valence-electron chi connectivity index (χ3n) is 10.3. The normalized spacial score (nSPS) is 45.4. The molecule has 0 aromatic rings. The lowest BCUT2D eigenvalue weighted by atomic mass is 9.45. The minimum atomic E-state index is -0.0253. The summed E-state index contributed by atoms with van der Waals surface area (Å²) in [6.45, 7) is 12.2. The highest BCUT2D eigenvalue weighted by Crippen LogP contribution is 2.67. The monoisotopic (exact) mass is 400 g/mol. The van der Waals surface area contributed by atoms with Gasteiger partial charge in [0, 0.05) is 6.42 Å². The van der Waals surface area contributed by atoms with E-state index in [2.05, 4.69) is 34.6 Å². The van der Waals surface area contributed by atoms with Crippen LogP contribution in [0.4, 0.5) is 0 Å². The van der Waals surface area contributed by atoms with Crippen molar-refractivity contribution in [3.05, 3.63) is 11.8 Å². The summed E-state index contributed by atoms with van der Waals surface area (Å²) in [6.07, 6.45) is 14.7. The van der Waals surface area contributed by atoms with Gasteiger partial charge in [-0.05, 0) is 96.9 Å². The molecule has 2 heteroatoms. The minimum absolute atomic E-state index is 0.0253. The highest BCUT2D eigenvalue weighted by atomic mass is 16.3. The topological polar surface area (TPSA) is 37.3 Å². The lowest BCUT2D eigenvalue weighted by molar-refractivity contribution is -0.127. The molecule has 2 nitrogen and oxygen atoms in total. The third-order valence-corrected chi connectivity index (χ3v) is 10.3. The number of aliphatic hydroxyl groups is 1. The average Bonchev–Trinajstić information content (AvgIpc) is 3.00. The number of ketones is 1. The van der Waals surface area contributed by atoms with Crippen LogP contribution in [0.2, 0.25) is 0 Å². The lowest BCUT2D eigenvalue weighted by Crippen LogP contribution is -2.53. The molecule has 4 aliphatic rings. The van der Waals surface area contributed by atoms with Gasteiger partial charge in [-0.3, -0.25) is 4.79 Å². The number of allylic oxidation sites excluding steroid dienone is 2. The second-order valence-corrected chi connectivity index (χ2v) is 12.2. The molecule has 0 bridgehead atoms. The molecule has 8 atom stereocenters. The summed E-state index contributed by atoms with van der Waals surface area (Å²) in [4.78, 5) is 12.1. The highest BCUT2D eigenvalue weighted by molar-refractivity contribution is 5.94. The molecule has 1 unspecified atom stereocenters. The van der Waals surface area contributed by atoms with E-state index in [4.69, 9.17) is 0 Å². The number of hydrogen-bond donors (Lipinski definition) is 1. The average molecular weight is 401 g/mol. The SMILES string of the molecule is CC(C)CCC[C@@H](C)[C@H]1CC[C@H]2[C@@H]3CCC4CC(=O)C(O)=C[C@]4(C)[C@H]3CC[C@]12C. The number of Topliss-reactive ketones (excluding diaryl/α,β-unsaturated/α-hetero) is 1. The number of carbonyl (C=O) groups excluding carboxylic acids is 1. The van der Waals surface area contributed by atoms with Crippen LogP contribution in [0.25, 0.3) is 0 Å². The van der Waals surface area contributed by atoms with Crippen LogP contribution in [0, 0.1) is 52.3 Å². The van der Waals surface area contributed by atoms with Crippen molar-refractivity contribution >= 4 is 5.78 Å². The maximum absolute atomic E-state index is 12.1. The van der Waals surface area contributed by atoms with Crippen LogP contribution in [0.15, 0.2) is 11.8 Å². The van der Waals surface area contributed by atoms with Crippen molar-refractivity contribution in [2.45, 2.75) is 98.8 Å². The number of carbonyl (C=O) groups is 1. The smallest absolute Gasteiger partial charge is 0.197 e. The molecule has 164 valence electrons. The Morgan fingerprint density at radius 1 is 1.03 bits per heavy atom. The number of fused-ring (bicyclic) bond motifs is 5. The van der Waals surface area contributed by atoms with Crippen molar-refractivity contribution in [3.63, 3.8) is 0 Å². The zero-order chi connectivity index (χ0) is 21.0. The molecule has 0 aliphatic heterocycles. The molecular formula is C27H44O2. The Labute approximate surface area is 178 Å². The van der Waals surface area contributed by atoms with Gasteiger partial charge in [0.15, 0.2) is 11.5 Å². The molecule has 1 N–H and O–H groups in total. The van der Waals surface area contributed by atoms with E-state index in [1.807, 2.05) is 6.08 Å². The molecule has 3 fully saturated rings. The summed E-state index contributed by atoms with van der Waals surface area (Å²) in [7, 11) is 0. The van der Waals surface area contributed by atoms with Gasteiger partial charge in [0.1, 0.15) is 0 Å². The first-order valence-corrected chi connectivity index (χ1v) is 12.6. The molecule has 29 heavy (non-hydrogen) atoms. The summed E-state index contributed by atoms with van der Waals surface area (Å²) in [5.74, 6) is 5.35. The lowest BCUT2D eigenvalue weighted by Gasteiger charge is -2.59. The second kappa shape index (κ2) is 7.72. The van der Waals surface area contributed by atoms with Crippen LogP contribution in [0.1, 0.15) is 98.8 Å². The predicted octanol–water partition coefficient (Wildman–Crippen LogP) is 7.34. The van der Waals surface area contributed by atoms with Gasteiger partial charge >= 0.3 is 0 Å². The van der Waals surface area contributed by atoms with Crippen LogP contribution >= 0.6 is 0 Å². The van der Waals surface area contributed by atoms with Gasteiger partial charge < -0.3 is 5.11 Å². The molecule has 0 saturated heterocycles. The standard InChI is InChI=1S/C27H44O2/c1-17(2)7-6-8-18(3)21-11-12-22-20-10-9-19-15-24(28)25(29)16-27(19,5)23(20)13-14-26(21,22)4/h16-23,29H,6-15H2,1-5H3/t18-,19?,20+,21-,22+,23+,26-,27+/m1/s1. The van der Waals surface area contributed by atoms with Crippen molar-refractivity contribution < 1.29 is 9.90 Å². The Hall–Kier alpha value is -0.790. The largest absolute Gasteiger partial charge is 0.505 e. The molecule has 3 saturated carbocycles. The maximum Gasteiger partial charge on any atom is 0.197 e. The van der Waals surface area contributed by atoms with E-state index in [9.17, 15) is 9.90 Å². The fraction of sp³-hybridized carbons (Fsp3) is 0.889. The minimum Gasteiger partial charge on any atom is -0.505 e. The Morgan fingerprint density at radius 3 is 2.52 bits per heavy atom. The zero-order valence-electron chi connectivity index (χ0n) is 19.5. The second-order valence-electron chi connectivity index (χ2n) is 12.2. The van der Waals surface area contributed by atoms with Gasteiger partial charge in [-0.1, -0.05) is 53.9 Å². The predicted molar refractivity (Wildman–Crippen MR) is 120 cm³/mol. The van der Waals surface area contributed by atoms with Gasteiger partial charge in [-0.2, -0.15) is 0 Å². The fourth-order valence-corrected chi connectivity index (χ4v) is 8.74. The fourth-order valence-electron chi connectivity index (χ4n) is 8.74. The summed E-state index contributed by atoms with van der Waals surface area (Å²) in [5.41, 5.74) is 0.543. The zero-order valence-corrected chi connectivity index (χ0v) is 19.5. The summed E-state index contributed by atoms with van der Waals surface area (Å²) < 4.78 is 0. The molecular weight excluding hydrogens is 356 g/mol. The summed E-state index contributed by atoms with van der Waals surface area (Å²) in [6, 6.07) is 0. The molecule has 0 radical (unpaired) electrons. The van der Waals surface area contributed by atoms with E-state index in [1.54, 1.807) is 0 Å². The van der Waals surface area contributed by atoms with E-state index in [0.717, 1.165) is 29.6 Å². The first kappa shape index (κ1) is 21.4. The first-order chi connectivity index (χ1) is 13.7. The van der Waals surface area contributed by atoms with Crippen molar-refractivity contribution in [2.75, 3.05) is 0 Å². The van der Waals surface area contributed by atoms with Gasteiger partial charge in [0.2, 0.25) is 0 Å². The van der Waals surface area contributed by atoms with Crippen molar-refractivity contribution in [3.8, 4) is 0 Å². The molecule has 0 aromatic heterocycles. The van der Waals surface area contributed by atoms with E-state index < -0.39 is 0 Å². The Kier molecular flexibility index (Phi) is 5.71. The number of rotatable bonds is 5. The molecule has 0 aromatic carbocycles. The molecule has 0 spiro atoms. The highest BCUT2D eigenvalue weighted by Gasteiger charge is 2.60. The van der Waals surface area contributed by atoms with Crippen LogP contribution < -0.4 is 0 Å². The number of aliphatic hydroxyl groups excluding tert-OH is 1. The van der Waals surface area contributed by atoms with Crippen LogP contribution in [0.3, 0.4) is 0 Å². The summed E-state index contributed by atoms with van der Waals surface area (Å²) >= 11 is 0. The van der Waals surface area contributed by atoms with Crippen molar-refractivity contribution in [1.82, 2.24) is 0 Å². The Balaban J connectivity index is 1.51. The van der Waals surface area contributed by atoms with Crippen molar-refractivity contribution in [2.24, 2.45) is 52.3 Å². The van der Waals surface area contributed by atoms with Crippen LogP contribution in [0.5, 0.6) is 0 Å². The van der Waals surface area contributed by atoms with Gasteiger partial charge in [-0.15, -0.1) is 0 Å². The first-order valence-electron chi connectivity index (χ1n) is 12.6. The van der Waals surface area contributed by atoms with Gasteiger partial charge in [0.25, 0.3) is 0 Å². The Bertz CT molecular complexity index is 663. The van der Waals surface area contributed by atoms with Gasteiger partial charge in [-0.25, -0.2) is 0 Å². The quantitative estimate of drug-likeness (QED) is 0.524. The number of hydrogen-bond acceptors (Lipinski definition) is 2.